The first-order chi connectivity index (χ1) is 15.3. The SMILES string of the molecule is COc1cc2c(cnn2C2CCC(CO)CC2)cc1NC(=O)c1cccnc1C(F)(F)F. The van der Waals surface area contributed by atoms with Crippen LogP contribution in [0.1, 0.15) is 47.8 Å². The van der Waals surface area contributed by atoms with Crippen molar-refractivity contribution in [2.24, 2.45) is 5.92 Å². The second-order valence-electron chi connectivity index (χ2n) is 7.91. The van der Waals surface area contributed by atoms with E-state index in [-0.39, 0.29) is 18.3 Å². The Hall–Kier alpha value is -3.14. The van der Waals surface area contributed by atoms with Crippen LogP contribution in [0.4, 0.5) is 18.9 Å². The molecule has 0 aliphatic heterocycles. The number of ether oxygens (including phenoxy) is 1. The number of carbonyl (C=O) groups is 1. The number of carbonyl (C=O) groups excluding carboxylic acids is 1. The van der Waals surface area contributed by atoms with Crippen molar-refractivity contribution in [3.63, 3.8) is 0 Å². The van der Waals surface area contributed by atoms with Gasteiger partial charge in [-0.15, -0.1) is 0 Å². The average molecular weight is 448 g/mol. The highest BCUT2D eigenvalue weighted by molar-refractivity contribution is 6.07. The van der Waals surface area contributed by atoms with Crippen LogP contribution >= 0.6 is 0 Å². The molecule has 0 unspecified atom stereocenters. The topological polar surface area (TPSA) is 89.3 Å². The van der Waals surface area contributed by atoms with Crippen LogP contribution in [-0.4, -0.2) is 39.5 Å². The van der Waals surface area contributed by atoms with Crippen LogP contribution in [0, 0.1) is 5.92 Å². The molecule has 1 saturated carbocycles. The molecule has 4 rings (SSSR count). The third-order valence-corrected chi connectivity index (χ3v) is 5.91. The van der Waals surface area contributed by atoms with E-state index in [1.807, 2.05) is 4.68 Å². The van der Waals surface area contributed by atoms with Gasteiger partial charge in [-0.05, 0) is 49.8 Å². The van der Waals surface area contributed by atoms with Crippen molar-refractivity contribution in [3.05, 3.63) is 47.9 Å². The van der Waals surface area contributed by atoms with E-state index in [2.05, 4.69) is 15.4 Å². The largest absolute Gasteiger partial charge is 0.494 e. The highest BCUT2D eigenvalue weighted by atomic mass is 19.4. The molecule has 0 spiro atoms. The Labute approximate surface area is 182 Å². The van der Waals surface area contributed by atoms with Crippen molar-refractivity contribution in [1.29, 1.82) is 0 Å². The number of hydrogen-bond donors (Lipinski definition) is 2. The van der Waals surface area contributed by atoms with Crippen LogP contribution < -0.4 is 10.1 Å². The number of amides is 1. The van der Waals surface area contributed by atoms with Gasteiger partial charge in [0.25, 0.3) is 5.91 Å². The van der Waals surface area contributed by atoms with Gasteiger partial charge in [0.15, 0.2) is 5.69 Å². The molecule has 1 aliphatic rings. The molecule has 1 aliphatic carbocycles. The Morgan fingerprint density at radius 2 is 2.03 bits per heavy atom. The van der Waals surface area contributed by atoms with Gasteiger partial charge in [0.1, 0.15) is 5.75 Å². The molecule has 0 radical (unpaired) electrons. The summed E-state index contributed by atoms with van der Waals surface area (Å²) >= 11 is 0. The number of benzene rings is 1. The Morgan fingerprint density at radius 1 is 1.28 bits per heavy atom. The molecule has 3 aromatic rings. The van der Waals surface area contributed by atoms with Crippen LogP contribution in [0.15, 0.2) is 36.7 Å². The van der Waals surface area contributed by atoms with Crippen molar-refractivity contribution in [2.75, 3.05) is 19.0 Å². The summed E-state index contributed by atoms with van der Waals surface area (Å²) in [6.45, 7) is 0.191. The highest BCUT2D eigenvalue weighted by Gasteiger charge is 2.37. The minimum Gasteiger partial charge on any atom is -0.494 e. The fourth-order valence-electron chi connectivity index (χ4n) is 4.21. The van der Waals surface area contributed by atoms with E-state index >= 15 is 0 Å². The third-order valence-electron chi connectivity index (χ3n) is 5.91. The van der Waals surface area contributed by atoms with Gasteiger partial charge in [-0.25, -0.2) is 0 Å². The summed E-state index contributed by atoms with van der Waals surface area (Å²) in [6, 6.07) is 5.91. The molecule has 7 nitrogen and oxygen atoms in total. The monoisotopic (exact) mass is 448 g/mol. The molecule has 0 bridgehead atoms. The van der Waals surface area contributed by atoms with Gasteiger partial charge in [-0.3, -0.25) is 14.5 Å². The number of methoxy groups -OCH3 is 1. The number of pyridine rings is 1. The van der Waals surface area contributed by atoms with Crippen molar-refractivity contribution in [2.45, 2.75) is 37.9 Å². The molecule has 32 heavy (non-hydrogen) atoms. The maximum Gasteiger partial charge on any atom is 0.434 e. The lowest BCUT2D eigenvalue weighted by Crippen LogP contribution is -2.21. The summed E-state index contributed by atoms with van der Waals surface area (Å²) in [6.07, 6.45) is 1.52. The molecule has 1 aromatic carbocycles. The van der Waals surface area contributed by atoms with Crippen LogP contribution in [-0.2, 0) is 6.18 Å². The van der Waals surface area contributed by atoms with Gasteiger partial charge in [-0.2, -0.15) is 18.3 Å². The van der Waals surface area contributed by atoms with Gasteiger partial charge in [0, 0.05) is 24.3 Å². The number of fused-ring (bicyclic) bond motifs is 1. The Bertz CT molecular complexity index is 1120. The van der Waals surface area contributed by atoms with E-state index in [0.29, 0.717) is 11.7 Å². The summed E-state index contributed by atoms with van der Waals surface area (Å²) in [7, 11) is 1.43. The molecular weight excluding hydrogens is 425 g/mol. The van der Waals surface area contributed by atoms with Crippen LogP contribution in [0.25, 0.3) is 10.9 Å². The molecule has 2 N–H and O–H groups in total. The summed E-state index contributed by atoms with van der Waals surface area (Å²) < 4.78 is 47.0. The van der Waals surface area contributed by atoms with Crippen molar-refractivity contribution >= 4 is 22.5 Å². The normalized spacial score (nSPS) is 19.2. The zero-order valence-electron chi connectivity index (χ0n) is 17.4. The first-order valence-electron chi connectivity index (χ1n) is 10.3. The number of aromatic nitrogens is 3. The quantitative estimate of drug-likeness (QED) is 0.603. The smallest absolute Gasteiger partial charge is 0.434 e. The predicted octanol–water partition coefficient (Wildman–Crippen LogP) is 4.43. The van der Waals surface area contributed by atoms with E-state index < -0.39 is 23.3 Å². The molecule has 0 atom stereocenters. The van der Waals surface area contributed by atoms with Crippen molar-refractivity contribution in [1.82, 2.24) is 14.8 Å². The maximum absolute atomic E-state index is 13.2. The molecule has 2 aromatic heterocycles. The third kappa shape index (κ3) is 4.27. The number of anilines is 1. The first kappa shape index (κ1) is 22.1. The number of nitrogens with one attached hydrogen (secondary N) is 1. The number of aliphatic hydroxyl groups is 1. The van der Waals surface area contributed by atoms with Crippen LogP contribution in [0.2, 0.25) is 0 Å². The number of alkyl halides is 3. The van der Waals surface area contributed by atoms with E-state index in [9.17, 15) is 23.1 Å². The van der Waals surface area contributed by atoms with Gasteiger partial charge >= 0.3 is 6.18 Å². The molecule has 10 heteroatoms. The van der Waals surface area contributed by atoms with E-state index in [0.717, 1.165) is 48.8 Å². The number of aliphatic hydroxyl groups excluding tert-OH is 1. The standard InChI is InChI=1S/C22H23F3N4O3/c1-32-19-10-18-14(11-27-29(18)15-6-4-13(12-30)5-7-15)9-17(19)28-21(31)16-3-2-8-26-20(16)22(23,24)25/h2-3,8-11,13,15,30H,4-7,12H2,1H3,(H,28,31). The lowest BCUT2D eigenvalue weighted by molar-refractivity contribution is -0.141. The fourth-order valence-corrected chi connectivity index (χ4v) is 4.21. The highest BCUT2D eigenvalue weighted by Crippen LogP contribution is 2.37. The molecule has 0 saturated heterocycles. The van der Waals surface area contributed by atoms with Crippen LogP contribution in [0.3, 0.4) is 0 Å². The maximum atomic E-state index is 13.2. The van der Waals surface area contributed by atoms with E-state index in [4.69, 9.17) is 4.74 Å². The fraction of sp³-hybridized carbons (Fsp3) is 0.409. The summed E-state index contributed by atoms with van der Waals surface area (Å²) in [5.41, 5.74) is -0.766. The Morgan fingerprint density at radius 3 is 2.69 bits per heavy atom. The van der Waals surface area contributed by atoms with Gasteiger partial charge < -0.3 is 15.2 Å². The number of hydrogen-bond acceptors (Lipinski definition) is 5. The van der Waals surface area contributed by atoms with Gasteiger partial charge in [0.2, 0.25) is 0 Å². The zero-order chi connectivity index (χ0) is 22.9. The van der Waals surface area contributed by atoms with E-state index in [1.165, 1.54) is 13.2 Å². The van der Waals surface area contributed by atoms with Gasteiger partial charge in [0.05, 0.1) is 36.1 Å². The predicted molar refractivity (Wildman–Crippen MR) is 112 cm³/mol. The Kier molecular flexibility index (Phi) is 6.05. The zero-order valence-corrected chi connectivity index (χ0v) is 17.4. The minimum atomic E-state index is -4.75. The molecule has 1 fully saturated rings. The van der Waals surface area contributed by atoms with Crippen molar-refractivity contribution in [3.8, 4) is 5.75 Å². The van der Waals surface area contributed by atoms with Crippen LogP contribution in [0.5, 0.6) is 5.75 Å². The lowest BCUT2D eigenvalue weighted by Gasteiger charge is -2.28. The number of rotatable bonds is 5. The Balaban J connectivity index is 1.63. The summed E-state index contributed by atoms with van der Waals surface area (Å²) in [5, 5.41) is 17.1. The second kappa shape index (κ2) is 8.78. The minimum absolute atomic E-state index is 0.185. The first-order valence-corrected chi connectivity index (χ1v) is 10.3. The molecular formula is C22H23F3N4O3. The van der Waals surface area contributed by atoms with Crippen molar-refractivity contribution < 1.29 is 27.8 Å². The second-order valence-corrected chi connectivity index (χ2v) is 7.91. The number of nitrogens with zero attached hydrogens (tertiary/aromatic N) is 3. The molecule has 1 amide bonds. The molecule has 2 heterocycles. The average Bonchev–Trinajstić information content (AvgIpc) is 3.20. The van der Waals surface area contributed by atoms with Gasteiger partial charge in [-0.1, -0.05) is 0 Å². The number of halogens is 3. The summed E-state index contributed by atoms with van der Waals surface area (Å²) in [4.78, 5) is 16.0. The van der Waals surface area contributed by atoms with E-state index in [1.54, 1.807) is 18.3 Å². The summed E-state index contributed by atoms with van der Waals surface area (Å²) in [5.74, 6) is -0.301. The molecule has 170 valence electrons. The lowest BCUT2D eigenvalue weighted by atomic mass is 9.86.